The van der Waals surface area contributed by atoms with Gasteiger partial charge in [-0.2, -0.15) is 0 Å². The van der Waals surface area contributed by atoms with Crippen molar-refractivity contribution in [3.05, 3.63) is 24.2 Å². The Morgan fingerprint density at radius 1 is 1.40 bits per heavy atom. The summed E-state index contributed by atoms with van der Waals surface area (Å²) in [6, 6.07) is 1.80. The first-order valence-corrected chi connectivity index (χ1v) is 5.29. The minimum atomic E-state index is -0.212. The second-order valence-electron chi connectivity index (χ2n) is 3.73. The largest absolute Gasteiger partial charge is 0.472 e. The third-order valence-corrected chi connectivity index (χ3v) is 2.56. The maximum atomic E-state index is 11.6. The molecule has 0 unspecified atom stereocenters. The summed E-state index contributed by atoms with van der Waals surface area (Å²) >= 11 is 0. The van der Waals surface area contributed by atoms with Crippen LogP contribution in [-0.4, -0.2) is 24.1 Å². The van der Waals surface area contributed by atoms with Crippen molar-refractivity contribution >= 4 is 6.09 Å². The van der Waals surface area contributed by atoms with Crippen molar-refractivity contribution in [3.8, 4) is 0 Å². The minimum Gasteiger partial charge on any atom is -0.472 e. The molecule has 0 aliphatic carbocycles. The van der Waals surface area contributed by atoms with Crippen LogP contribution in [-0.2, 0) is 11.3 Å². The Morgan fingerprint density at radius 3 is 2.87 bits per heavy atom. The molecule has 1 fully saturated rings. The normalized spacial score (nSPS) is 16.4. The fraction of sp³-hybridized carbons (Fsp3) is 0.545. The van der Waals surface area contributed by atoms with Crippen molar-refractivity contribution in [2.45, 2.75) is 25.9 Å². The van der Waals surface area contributed by atoms with Gasteiger partial charge in [-0.05, 0) is 25.3 Å². The van der Waals surface area contributed by atoms with Gasteiger partial charge in [0, 0.05) is 18.7 Å². The van der Waals surface area contributed by atoms with E-state index in [4.69, 9.17) is 9.15 Å². The van der Waals surface area contributed by atoms with E-state index in [-0.39, 0.29) is 6.09 Å². The predicted molar refractivity (Wildman–Crippen MR) is 54.3 cm³/mol. The zero-order valence-corrected chi connectivity index (χ0v) is 8.65. The first-order chi connectivity index (χ1) is 7.36. The molecule has 0 bridgehead atoms. The molecule has 82 valence electrons. The van der Waals surface area contributed by atoms with Crippen LogP contribution in [0, 0.1) is 0 Å². The lowest BCUT2D eigenvalue weighted by atomic mass is 10.1. The van der Waals surface area contributed by atoms with Gasteiger partial charge in [-0.3, -0.25) is 0 Å². The fourth-order valence-corrected chi connectivity index (χ4v) is 1.69. The van der Waals surface area contributed by atoms with Crippen molar-refractivity contribution < 1.29 is 13.9 Å². The van der Waals surface area contributed by atoms with E-state index in [1.165, 1.54) is 6.42 Å². The molecule has 2 rings (SSSR count). The smallest absolute Gasteiger partial charge is 0.410 e. The summed E-state index contributed by atoms with van der Waals surface area (Å²) in [6.45, 7) is 1.94. The number of hydrogen-bond acceptors (Lipinski definition) is 3. The molecule has 0 N–H and O–H groups in total. The summed E-state index contributed by atoms with van der Waals surface area (Å²) in [5.41, 5.74) is 0.889. The highest BCUT2D eigenvalue weighted by Crippen LogP contribution is 2.11. The Kier molecular flexibility index (Phi) is 3.27. The van der Waals surface area contributed by atoms with Crippen LogP contribution in [0.1, 0.15) is 24.8 Å². The molecule has 15 heavy (non-hydrogen) atoms. The monoisotopic (exact) mass is 209 g/mol. The molecule has 1 aromatic heterocycles. The van der Waals surface area contributed by atoms with Crippen molar-refractivity contribution in [2.24, 2.45) is 0 Å². The molecule has 4 heteroatoms. The number of rotatable bonds is 2. The molecule has 1 aliphatic heterocycles. The minimum absolute atomic E-state index is 0.212. The lowest BCUT2D eigenvalue weighted by Crippen LogP contribution is -2.35. The molecule has 0 spiro atoms. The van der Waals surface area contributed by atoms with E-state index >= 15 is 0 Å². The van der Waals surface area contributed by atoms with Crippen LogP contribution in [0.25, 0.3) is 0 Å². The highest BCUT2D eigenvalue weighted by atomic mass is 16.6. The predicted octanol–water partition coefficient (Wildman–Crippen LogP) is 2.40. The first kappa shape index (κ1) is 10.1. The number of carbonyl (C=O) groups is 1. The topological polar surface area (TPSA) is 42.7 Å². The summed E-state index contributed by atoms with van der Waals surface area (Å²) in [7, 11) is 0. The molecule has 1 aromatic rings. The van der Waals surface area contributed by atoms with Crippen molar-refractivity contribution in [1.29, 1.82) is 0 Å². The van der Waals surface area contributed by atoms with Crippen LogP contribution in [0.5, 0.6) is 0 Å². The second-order valence-corrected chi connectivity index (χ2v) is 3.73. The number of piperidine rings is 1. The van der Waals surface area contributed by atoms with E-state index in [0.29, 0.717) is 6.61 Å². The first-order valence-electron chi connectivity index (χ1n) is 5.29. The third-order valence-electron chi connectivity index (χ3n) is 2.56. The quantitative estimate of drug-likeness (QED) is 0.751. The molecule has 1 aliphatic rings. The summed E-state index contributed by atoms with van der Waals surface area (Å²) in [6.07, 6.45) is 6.33. The van der Waals surface area contributed by atoms with E-state index < -0.39 is 0 Å². The maximum Gasteiger partial charge on any atom is 0.410 e. The molecule has 1 saturated heterocycles. The summed E-state index contributed by atoms with van der Waals surface area (Å²) < 4.78 is 10.0. The number of likely N-dealkylation sites (tertiary alicyclic amines) is 1. The fourth-order valence-electron chi connectivity index (χ4n) is 1.69. The maximum absolute atomic E-state index is 11.6. The van der Waals surface area contributed by atoms with Crippen molar-refractivity contribution in [2.75, 3.05) is 13.1 Å². The Balaban J connectivity index is 1.76. The lowest BCUT2D eigenvalue weighted by molar-refractivity contribution is 0.0893. The van der Waals surface area contributed by atoms with Gasteiger partial charge in [0.25, 0.3) is 0 Å². The van der Waals surface area contributed by atoms with Crippen LogP contribution in [0.4, 0.5) is 4.79 Å². The Bertz CT molecular complexity index is 302. The Morgan fingerprint density at radius 2 is 2.20 bits per heavy atom. The van der Waals surface area contributed by atoms with Gasteiger partial charge >= 0.3 is 6.09 Å². The number of hydrogen-bond donors (Lipinski definition) is 0. The van der Waals surface area contributed by atoms with E-state index in [9.17, 15) is 4.79 Å². The number of ether oxygens (including phenoxy) is 1. The standard InChI is InChI=1S/C11H15NO3/c13-11(12-5-2-1-3-6-12)15-9-10-4-7-14-8-10/h4,7-8H,1-3,5-6,9H2. The molecule has 0 radical (unpaired) electrons. The molecule has 0 aromatic carbocycles. The van der Waals surface area contributed by atoms with Crippen molar-refractivity contribution in [3.63, 3.8) is 0 Å². The molecule has 1 amide bonds. The number of nitrogens with zero attached hydrogens (tertiary/aromatic N) is 1. The molecule has 4 nitrogen and oxygen atoms in total. The zero-order chi connectivity index (χ0) is 10.5. The van der Waals surface area contributed by atoms with E-state index in [2.05, 4.69) is 0 Å². The summed E-state index contributed by atoms with van der Waals surface area (Å²) in [4.78, 5) is 13.3. The zero-order valence-electron chi connectivity index (χ0n) is 8.65. The van der Waals surface area contributed by atoms with Gasteiger partial charge in [-0.15, -0.1) is 0 Å². The van der Waals surface area contributed by atoms with Crippen LogP contribution in [0.15, 0.2) is 23.0 Å². The number of amides is 1. The van der Waals surface area contributed by atoms with Gasteiger partial charge in [0.1, 0.15) is 6.61 Å². The summed E-state index contributed by atoms with van der Waals surface area (Å²) in [5.74, 6) is 0. The van der Waals surface area contributed by atoms with Crippen LogP contribution in [0.3, 0.4) is 0 Å². The Labute approximate surface area is 88.8 Å². The van der Waals surface area contributed by atoms with Gasteiger partial charge in [0.15, 0.2) is 0 Å². The van der Waals surface area contributed by atoms with Gasteiger partial charge < -0.3 is 14.1 Å². The van der Waals surface area contributed by atoms with Gasteiger partial charge in [-0.1, -0.05) is 0 Å². The molecule has 0 saturated carbocycles. The SMILES string of the molecule is O=C(OCc1ccoc1)N1CCCCC1. The van der Waals surface area contributed by atoms with E-state index in [0.717, 1.165) is 31.5 Å². The number of carbonyl (C=O) groups excluding carboxylic acids is 1. The van der Waals surface area contributed by atoms with Crippen LogP contribution in [0.2, 0.25) is 0 Å². The lowest BCUT2D eigenvalue weighted by Gasteiger charge is -2.25. The second kappa shape index (κ2) is 4.87. The van der Waals surface area contributed by atoms with Gasteiger partial charge in [0.05, 0.1) is 12.5 Å². The number of furan rings is 1. The molecular weight excluding hydrogens is 194 g/mol. The van der Waals surface area contributed by atoms with E-state index in [1.807, 2.05) is 0 Å². The highest BCUT2D eigenvalue weighted by Gasteiger charge is 2.17. The third kappa shape index (κ3) is 2.75. The average molecular weight is 209 g/mol. The Hall–Kier alpha value is -1.45. The van der Waals surface area contributed by atoms with Gasteiger partial charge in [-0.25, -0.2) is 4.79 Å². The van der Waals surface area contributed by atoms with Crippen molar-refractivity contribution in [1.82, 2.24) is 4.90 Å². The highest BCUT2D eigenvalue weighted by molar-refractivity contribution is 5.67. The molecule has 0 atom stereocenters. The average Bonchev–Trinajstić information content (AvgIpc) is 2.80. The molecule has 2 heterocycles. The van der Waals surface area contributed by atoms with E-state index in [1.54, 1.807) is 23.5 Å². The van der Waals surface area contributed by atoms with Gasteiger partial charge in [0.2, 0.25) is 0 Å². The molecular formula is C11H15NO3. The summed E-state index contributed by atoms with van der Waals surface area (Å²) in [5, 5.41) is 0. The van der Waals surface area contributed by atoms with Crippen LogP contribution < -0.4 is 0 Å². The van der Waals surface area contributed by atoms with Crippen LogP contribution >= 0.6 is 0 Å².